The quantitative estimate of drug-likeness (QED) is 0.723. The van der Waals surface area contributed by atoms with Crippen molar-refractivity contribution in [2.45, 2.75) is 45.3 Å². The molecule has 1 atom stereocenters. The number of carbonyl (C=O) groups is 1. The molecule has 4 nitrogen and oxygen atoms in total. The Morgan fingerprint density at radius 1 is 1.53 bits per heavy atom. The summed E-state index contributed by atoms with van der Waals surface area (Å²) in [7, 11) is 0. The first-order valence-corrected chi connectivity index (χ1v) is 5.75. The molecule has 1 saturated heterocycles. The van der Waals surface area contributed by atoms with Crippen LogP contribution in [0.4, 0.5) is 0 Å². The lowest BCUT2D eigenvalue weighted by Crippen LogP contribution is -2.54. The third-order valence-electron chi connectivity index (χ3n) is 3.21. The van der Waals surface area contributed by atoms with Crippen molar-refractivity contribution in [3.63, 3.8) is 0 Å². The first-order valence-electron chi connectivity index (χ1n) is 5.75. The first kappa shape index (κ1) is 12.5. The summed E-state index contributed by atoms with van der Waals surface area (Å²) in [5.74, 6) is 0.00778. The normalized spacial score (nSPS) is 22.5. The van der Waals surface area contributed by atoms with Crippen LogP contribution < -0.4 is 10.6 Å². The molecule has 1 aliphatic heterocycles. The van der Waals surface area contributed by atoms with E-state index in [9.17, 15) is 4.79 Å². The highest BCUT2D eigenvalue weighted by atomic mass is 16.5. The van der Waals surface area contributed by atoms with Crippen LogP contribution in [-0.4, -0.2) is 37.2 Å². The van der Waals surface area contributed by atoms with Gasteiger partial charge in [-0.25, -0.2) is 0 Å². The first-order chi connectivity index (χ1) is 7.11. The maximum absolute atomic E-state index is 11.9. The van der Waals surface area contributed by atoms with Crippen molar-refractivity contribution in [1.82, 2.24) is 10.6 Å². The lowest BCUT2D eigenvalue weighted by atomic mass is 9.95. The van der Waals surface area contributed by atoms with Gasteiger partial charge in [-0.2, -0.15) is 0 Å². The Kier molecular flexibility index (Phi) is 4.54. The number of ether oxygens (including phenoxy) is 1. The maximum atomic E-state index is 11.9. The average Bonchev–Trinajstić information content (AvgIpc) is 2.30. The van der Waals surface area contributed by atoms with Gasteiger partial charge in [0.1, 0.15) is 6.10 Å². The van der Waals surface area contributed by atoms with Gasteiger partial charge in [-0.05, 0) is 19.8 Å². The third kappa shape index (κ3) is 3.47. The largest absolute Gasteiger partial charge is 0.366 e. The zero-order valence-corrected chi connectivity index (χ0v) is 9.93. The van der Waals surface area contributed by atoms with Crippen LogP contribution in [0, 0.1) is 0 Å². The topological polar surface area (TPSA) is 50.4 Å². The number of morpholine rings is 1. The minimum absolute atomic E-state index is 0.00778. The van der Waals surface area contributed by atoms with E-state index < -0.39 is 0 Å². The SMILES string of the molecule is CCC(C)(CC)NC(=O)[C@H]1CNCCO1. The molecule has 4 heteroatoms. The van der Waals surface area contributed by atoms with Crippen molar-refractivity contribution >= 4 is 5.91 Å². The Morgan fingerprint density at radius 2 is 2.20 bits per heavy atom. The van der Waals surface area contributed by atoms with Gasteiger partial charge in [0.15, 0.2) is 0 Å². The predicted octanol–water partition coefficient (Wildman–Crippen LogP) is 0.670. The van der Waals surface area contributed by atoms with Crippen LogP contribution in [-0.2, 0) is 9.53 Å². The highest BCUT2D eigenvalue weighted by Gasteiger charge is 2.28. The molecule has 1 heterocycles. The fourth-order valence-corrected chi connectivity index (χ4v) is 1.54. The highest BCUT2D eigenvalue weighted by Crippen LogP contribution is 2.14. The fraction of sp³-hybridized carbons (Fsp3) is 0.909. The van der Waals surface area contributed by atoms with Gasteiger partial charge in [-0.3, -0.25) is 4.79 Å². The molecular weight excluding hydrogens is 192 g/mol. The molecule has 1 fully saturated rings. The molecule has 0 bridgehead atoms. The summed E-state index contributed by atoms with van der Waals surface area (Å²) in [6.45, 7) is 8.32. The second-order valence-electron chi connectivity index (χ2n) is 4.32. The van der Waals surface area contributed by atoms with Gasteiger partial charge in [0.25, 0.3) is 5.91 Å². The van der Waals surface area contributed by atoms with Gasteiger partial charge in [0, 0.05) is 18.6 Å². The Balaban J connectivity index is 2.46. The van der Waals surface area contributed by atoms with Crippen LogP contribution in [0.25, 0.3) is 0 Å². The molecule has 1 amide bonds. The lowest BCUT2D eigenvalue weighted by molar-refractivity contribution is -0.136. The molecule has 88 valence electrons. The summed E-state index contributed by atoms with van der Waals surface area (Å²) in [4.78, 5) is 11.9. The van der Waals surface area contributed by atoms with Crippen molar-refractivity contribution < 1.29 is 9.53 Å². The molecule has 1 aliphatic rings. The third-order valence-corrected chi connectivity index (χ3v) is 3.21. The van der Waals surface area contributed by atoms with Gasteiger partial charge in [-0.15, -0.1) is 0 Å². The monoisotopic (exact) mass is 214 g/mol. The van der Waals surface area contributed by atoms with Gasteiger partial charge >= 0.3 is 0 Å². The van der Waals surface area contributed by atoms with Gasteiger partial charge < -0.3 is 15.4 Å². The van der Waals surface area contributed by atoms with Gasteiger partial charge in [-0.1, -0.05) is 13.8 Å². The molecule has 0 aromatic rings. The fourth-order valence-electron chi connectivity index (χ4n) is 1.54. The number of carbonyl (C=O) groups excluding carboxylic acids is 1. The molecular formula is C11H22N2O2. The molecule has 0 unspecified atom stereocenters. The zero-order chi connectivity index (χ0) is 11.3. The second kappa shape index (κ2) is 5.47. The van der Waals surface area contributed by atoms with Crippen molar-refractivity contribution in [3.05, 3.63) is 0 Å². The molecule has 0 radical (unpaired) electrons. The Bertz CT molecular complexity index is 209. The van der Waals surface area contributed by atoms with E-state index in [1.807, 2.05) is 0 Å². The van der Waals surface area contributed by atoms with Crippen LogP contribution in [0.3, 0.4) is 0 Å². The molecule has 0 aliphatic carbocycles. The predicted molar refractivity (Wildman–Crippen MR) is 59.7 cm³/mol. The van der Waals surface area contributed by atoms with Crippen LogP contribution in [0.15, 0.2) is 0 Å². The number of amides is 1. The van der Waals surface area contributed by atoms with Crippen LogP contribution in [0.2, 0.25) is 0 Å². The number of hydrogen-bond acceptors (Lipinski definition) is 3. The summed E-state index contributed by atoms with van der Waals surface area (Å²) in [5.41, 5.74) is -0.0993. The minimum Gasteiger partial charge on any atom is -0.366 e. The van der Waals surface area contributed by atoms with E-state index in [2.05, 4.69) is 31.4 Å². The molecule has 0 aromatic heterocycles. The van der Waals surface area contributed by atoms with Crippen LogP contribution >= 0.6 is 0 Å². The zero-order valence-electron chi connectivity index (χ0n) is 9.93. The number of nitrogens with one attached hydrogen (secondary N) is 2. The van der Waals surface area contributed by atoms with Crippen molar-refractivity contribution in [2.75, 3.05) is 19.7 Å². The molecule has 0 saturated carbocycles. The van der Waals surface area contributed by atoms with Crippen molar-refractivity contribution in [3.8, 4) is 0 Å². The summed E-state index contributed by atoms with van der Waals surface area (Å²) in [6.07, 6.45) is 1.56. The molecule has 0 aromatic carbocycles. The second-order valence-corrected chi connectivity index (χ2v) is 4.32. The van der Waals surface area contributed by atoms with E-state index in [0.717, 1.165) is 19.4 Å². The van der Waals surface area contributed by atoms with Crippen molar-refractivity contribution in [1.29, 1.82) is 0 Å². The summed E-state index contributed by atoms with van der Waals surface area (Å²) in [6, 6.07) is 0. The van der Waals surface area contributed by atoms with Crippen molar-refractivity contribution in [2.24, 2.45) is 0 Å². The lowest BCUT2D eigenvalue weighted by Gasteiger charge is -2.31. The molecule has 2 N–H and O–H groups in total. The van der Waals surface area contributed by atoms with E-state index in [-0.39, 0.29) is 17.6 Å². The van der Waals surface area contributed by atoms with Gasteiger partial charge in [0.05, 0.1) is 6.61 Å². The maximum Gasteiger partial charge on any atom is 0.250 e. The van der Waals surface area contributed by atoms with E-state index in [0.29, 0.717) is 13.2 Å². The number of rotatable bonds is 4. The average molecular weight is 214 g/mol. The van der Waals surface area contributed by atoms with Crippen LogP contribution in [0.5, 0.6) is 0 Å². The molecule has 15 heavy (non-hydrogen) atoms. The molecule has 0 spiro atoms. The summed E-state index contributed by atoms with van der Waals surface area (Å²) < 4.78 is 5.40. The number of hydrogen-bond donors (Lipinski definition) is 2. The Morgan fingerprint density at radius 3 is 2.67 bits per heavy atom. The van der Waals surface area contributed by atoms with E-state index >= 15 is 0 Å². The van der Waals surface area contributed by atoms with E-state index in [1.165, 1.54) is 0 Å². The van der Waals surface area contributed by atoms with Gasteiger partial charge in [0.2, 0.25) is 0 Å². The standard InChI is InChI=1S/C11H22N2O2/c1-4-11(3,5-2)13-10(14)9-8-12-6-7-15-9/h9,12H,4-8H2,1-3H3,(H,13,14)/t9-/m1/s1. The Hall–Kier alpha value is -0.610. The van der Waals surface area contributed by atoms with Crippen LogP contribution in [0.1, 0.15) is 33.6 Å². The minimum atomic E-state index is -0.323. The highest BCUT2D eigenvalue weighted by molar-refractivity contribution is 5.81. The smallest absolute Gasteiger partial charge is 0.250 e. The van der Waals surface area contributed by atoms with E-state index in [1.54, 1.807) is 0 Å². The Labute approximate surface area is 91.8 Å². The van der Waals surface area contributed by atoms with E-state index in [4.69, 9.17) is 4.74 Å². The summed E-state index contributed by atoms with van der Waals surface area (Å²) in [5, 5.41) is 6.21. The summed E-state index contributed by atoms with van der Waals surface area (Å²) >= 11 is 0. The molecule has 1 rings (SSSR count).